The fourth-order valence-electron chi connectivity index (χ4n) is 4.89. The van der Waals surface area contributed by atoms with Gasteiger partial charge in [-0.3, -0.25) is 9.59 Å². The average molecular weight is 468 g/mol. The monoisotopic (exact) mass is 467 g/mol. The van der Waals surface area contributed by atoms with E-state index >= 15 is 0 Å². The highest BCUT2D eigenvalue weighted by atomic mass is 16.1. The summed E-state index contributed by atoms with van der Waals surface area (Å²) in [6.45, 7) is 3.89. The molecule has 1 saturated carbocycles. The number of nitrogens with one attached hydrogen (secondary N) is 3. The molecule has 35 heavy (non-hydrogen) atoms. The van der Waals surface area contributed by atoms with Gasteiger partial charge in [-0.15, -0.1) is 0 Å². The normalized spacial score (nSPS) is 17.8. The Morgan fingerprint density at radius 3 is 2.14 bits per heavy atom. The van der Waals surface area contributed by atoms with Crippen LogP contribution in [-0.2, 0) is 0 Å². The van der Waals surface area contributed by atoms with Gasteiger partial charge in [-0.2, -0.15) is 0 Å². The SMILES string of the molecule is Cc1ccccc1C(=O)N[C@H]1CC[C@@H](Nc2ncnc3[nH]cc(C(=O)c4ccccc4C)c23)CC1. The first-order chi connectivity index (χ1) is 17.0. The van der Waals surface area contributed by atoms with Crippen molar-refractivity contribution in [1.82, 2.24) is 20.3 Å². The highest BCUT2D eigenvalue weighted by molar-refractivity contribution is 6.18. The van der Waals surface area contributed by atoms with Gasteiger partial charge < -0.3 is 15.6 Å². The van der Waals surface area contributed by atoms with Gasteiger partial charge in [0.05, 0.1) is 10.9 Å². The second-order valence-electron chi connectivity index (χ2n) is 9.27. The van der Waals surface area contributed by atoms with Crippen LogP contribution in [0.15, 0.2) is 61.1 Å². The molecule has 3 N–H and O–H groups in total. The molecule has 0 aliphatic heterocycles. The first-order valence-electron chi connectivity index (χ1n) is 12.1. The highest BCUT2D eigenvalue weighted by Gasteiger charge is 2.25. The van der Waals surface area contributed by atoms with E-state index in [1.807, 2.05) is 62.4 Å². The van der Waals surface area contributed by atoms with Crippen LogP contribution < -0.4 is 10.6 Å². The van der Waals surface area contributed by atoms with Gasteiger partial charge in [0, 0.05) is 29.4 Å². The van der Waals surface area contributed by atoms with Crippen LogP contribution in [0.1, 0.15) is 63.1 Å². The number of amides is 1. The Morgan fingerprint density at radius 1 is 0.829 bits per heavy atom. The van der Waals surface area contributed by atoms with Crippen LogP contribution in [0.4, 0.5) is 5.82 Å². The summed E-state index contributed by atoms with van der Waals surface area (Å²) >= 11 is 0. The molecule has 1 fully saturated rings. The number of anilines is 1. The predicted octanol–water partition coefficient (Wildman–Crippen LogP) is 4.96. The van der Waals surface area contributed by atoms with E-state index in [4.69, 9.17) is 0 Å². The number of hydrogen-bond acceptors (Lipinski definition) is 5. The molecule has 5 rings (SSSR count). The van der Waals surface area contributed by atoms with Crippen molar-refractivity contribution < 1.29 is 9.59 Å². The molecule has 0 atom stereocenters. The van der Waals surface area contributed by atoms with Crippen molar-refractivity contribution in [3.05, 3.63) is 88.9 Å². The summed E-state index contributed by atoms with van der Waals surface area (Å²) in [5.74, 6) is 0.610. The van der Waals surface area contributed by atoms with Gasteiger partial charge in [0.15, 0.2) is 5.78 Å². The van der Waals surface area contributed by atoms with Crippen LogP contribution in [0.5, 0.6) is 0 Å². The summed E-state index contributed by atoms with van der Waals surface area (Å²) in [5.41, 5.74) is 4.53. The van der Waals surface area contributed by atoms with E-state index in [0.717, 1.165) is 47.8 Å². The van der Waals surface area contributed by atoms with Gasteiger partial charge in [-0.25, -0.2) is 9.97 Å². The Kier molecular flexibility index (Phi) is 6.31. The van der Waals surface area contributed by atoms with E-state index < -0.39 is 0 Å². The van der Waals surface area contributed by atoms with E-state index in [1.165, 1.54) is 6.33 Å². The summed E-state index contributed by atoms with van der Waals surface area (Å²) in [5, 5.41) is 7.46. The third kappa shape index (κ3) is 4.67. The second kappa shape index (κ2) is 9.70. The maximum absolute atomic E-state index is 13.3. The molecule has 0 bridgehead atoms. The summed E-state index contributed by atoms with van der Waals surface area (Å²) < 4.78 is 0. The van der Waals surface area contributed by atoms with E-state index in [2.05, 4.69) is 25.6 Å². The largest absolute Gasteiger partial charge is 0.367 e. The Morgan fingerprint density at radius 2 is 1.46 bits per heavy atom. The van der Waals surface area contributed by atoms with Crippen LogP contribution in [0, 0.1) is 13.8 Å². The molecule has 2 aromatic carbocycles. The third-order valence-electron chi connectivity index (χ3n) is 6.90. The summed E-state index contributed by atoms with van der Waals surface area (Å²) in [4.78, 5) is 38.0. The number of fused-ring (bicyclic) bond motifs is 1. The molecule has 0 radical (unpaired) electrons. The molecule has 4 aromatic rings. The number of aryl methyl sites for hydroxylation is 2. The van der Waals surface area contributed by atoms with Gasteiger partial charge in [0.1, 0.15) is 17.8 Å². The van der Waals surface area contributed by atoms with E-state index in [0.29, 0.717) is 22.6 Å². The fourth-order valence-corrected chi connectivity index (χ4v) is 4.89. The smallest absolute Gasteiger partial charge is 0.251 e. The summed E-state index contributed by atoms with van der Waals surface area (Å²) in [6.07, 6.45) is 6.79. The zero-order valence-corrected chi connectivity index (χ0v) is 20.0. The lowest BCUT2D eigenvalue weighted by Crippen LogP contribution is -2.40. The molecule has 7 heteroatoms. The number of carbonyl (C=O) groups excluding carboxylic acids is 2. The maximum atomic E-state index is 13.3. The Hall–Kier alpha value is -4.00. The van der Waals surface area contributed by atoms with Gasteiger partial charge >= 0.3 is 0 Å². The summed E-state index contributed by atoms with van der Waals surface area (Å²) in [6, 6.07) is 15.6. The molecule has 178 valence electrons. The van der Waals surface area contributed by atoms with Crippen molar-refractivity contribution in [3.8, 4) is 0 Å². The molecular weight excluding hydrogens is 438 g/mol. The zero-order chi connectivity index (χ0) is 24.4. The van der Waals surface area contributed by atoms with Crippen molar-refractivity contribution >= 4 is 28.5 Å². The molecule has 1 amide bonds. The van der Waals surface area contributed by atoms with Gasteiger partial charge in [0.25, 0.3) is 5.91 Å². The fraction of sp³-hybridized carbons (Fsp3) is 0.286. The molecule has 2 heterocycles. The number of carbonyl (C=O) groups is 2. The molecule has 0 unspecified atom stereocenters. The first-order valence-corrected chi connectivity index (χ1v) is 12.1. The topological polar surface area (TPSA) is 99.8 Å². The zero-order valence-electron chi connectivity index (χ0n) is 20.0. The maximum Gasteiger partial charge on any atom is 0.251 e. The minimum absolute atomic E-state index is 0.0105. The van der Waals surface area contributed by atoms with Gasteiger partial charge in [0.2, 0.25) is 0 Å². The number of hydrogen-bond donors (Lipinski definition) is 3. The number of aromatic nitrogens is 3. The minimum Gasteiger partial charge on any atom is -0.367 e. The molecule has 2 aromatic heterocycles. The number of ketones is 1. The average Bonchev–Trinajstić information content (AvgIpc) is 3.31. The van der Waals surface area contributed by atoms with E-state index in [9.17, 15) is 9.59 Å². The van der Waals surface area contributed by atoms with Crippen LogP contribution in [-0.4, -0.2) is 38.7 Å². The van der Waals surface area contributed by atoms with Crippen LogP contribution in [0.3, 0.4) is 0 Å². The van der Waals surface area contributed by atoms with Crippen LogP contribution in [0.25, 0.3) is 11.0 Å². The predicted molar refractivity (Wildman–Crippen MR) is 137 cm³/mol. The lowest BCUT2D eigenvalue weighted by Gasteiger charge is -2.30. The molecule has 1 aliphatic carbocycles. The van der Waals surface area contributed by atoms with Crippen molar-refractivity contribution in [2.45, 2.75) is 51.6 Å². The van der Waals surface area contributed by atoms with Crippen LogP contribution >= 0.6 is 0 Å². The Labute approximate surface area is 204 Å². The summed E-state index contributed by atoms with van der Waals surface area (Å²) in [7, 11) is 0. The Balaban J connectivity index is 1.28. The molecule has 0 spiro atoms. The van der Waals surface area contributed by atoms with Crippen molar-refractivity contribution in [2.75, 3.05) is 5.32 Å². The number of rotatable bonds is 6. The quantitative estimate of drug-likeness (QED) is 0.348. The van der Waals surface area contributed by atoms with Crippen molar-refractivity contribution in [1.29, 1.82) is 0 Å². The van der Waals surface area contributed by atoms with Crippen molar-refractivity contribution in [2.24, 2.45) is 0 Å². The highest BCUT2D eigenvalue weighted by Crippen LogP contribution is 2.29. The lowest BCUT2D eigenvalue weighted by atomic mass is 9.90. The molecule has 7 nitrogen and oxygen atoms in total. The molecule has 0 saturated heterocycles. The van der Waals surface area contributed by atoms with Crippen molar-refractivity contribution in [3.63, 3.8) is 0 Å². The van der Waals surface area contributed by atoms with Crippen LogP contribution in [0.2, 0.25) is 0 Å². The standard InChI is InChI=1S/C28H29N5O2/c1-17-7-3-5-9-21(17)25(34)23-15-29-26-24(23)27(31-16-30-26)32-19-11-13-20(14-12-19)33-28(35)22-10-6-4-8-18(22)2/h3-10,15-16,19-20H,11-14H2,1-2H3,(H,33,35)(H2,29,30,31,32)/t19-,20+. The second-order valence-corrected chi connectivity index (χ2v) is 9.27. The lowest BCUT2D eigenvalue weighted by molar-refractivity contribution is 0.0925. The van der Waals surface area contributed by atoms with E-state index in [-0.39, 0.29) is 23.8 Å². The number of nitrogens with zero attached hydrogens (tertiary/aromatic N) is 2. The number of H-pyrrole nitrogens is 1. The molecule has 1 aliphatic rings. The van der Waals surface area contributed by atoms with E-state index in [1.54, 1.807) is 6.20 Å². The number of aromatic amines is 1. The van der Waals surface area contributed by atoms with Gasteiger partial charge in [-0.05, 0) is 56.7 Å². The minimum atomic E-state index is -0.0465. The van der Waals surface area contributed by atoms with Gasteiger partial charge in [-0.1, -0.05) is 42.5 Å². The third-order valence-corrected chi connectivity index (χ3v) is 6.90. The first kappa shape index (κ1) is 22.8. The molecular formula is C28H29N5O2. The Bertz CT molecular complexity index is 1390. The number of benzene rings is 2.